The molecule has 1 aliphatic heterocycles. The number of nitrogens with two attached hydrogens (primary N) is 1. The van der Waals surface area contributed by atoms with Crippen LogP contribution in [0.15, 0.2) is 36.4 Å². The van der Waals surface area contributed by atoms with E-state index in [9.17, 15) is 0 Å². The number of rotatable bonds is 2. The summed E-state index contributed by atoms with van der Waals surface area (Å²) in [5.41, 5.74) is 1.29. The van der Waals surface area contributed by atoms with Gasteiger partial charge in [-0.25, -0.2) is 0 Å². The molecule has 1 fully saturated rings. The third-order valence-electron chi connectivity index (χ3n) is 3.43. The molecule has 0 aromatic heterocycles. The predicted molar refractivity (Wildman–Crippen MR) is 70.2 cm³/mol. The van der Waals surface area contributed by atoms with Gasteiger partial charge in [0.05, 0.1) is 0 Å². The summed E-state index contributed by atoms with van der Waals surface area (Å²) in [6, 6.07) is 12.3. The van der Waals surface area contributed by atoms with E-state index in [1.807, 2.05) is 12.1 Å². The van der Waals surface area contributed by atoms with Crippen molar-refractivity contribution in [1.29, 1.82) is 0 Å². The number of hydrogen-bond acceptors (Lipinski definition) is 3. The Morgan fingerprint density at radius 3 is 2.35 bits per heavy atom. The van der Waals surface area contributed by atoms with Crippen molar-refractivity contribution in [1.82, 2.24) is 0 Å². The minimum atomic E-state index is 0.739. The molecule has 0 radical (unpaired) electrons. The average molecular weight is 228 g/mol. The van der Waals surface area contributed by atoms with Gasteiger partial charge in [0, 0.05) is 29.5 Å². The average Bonchev–Trinajstić information content (AvgIpc) is 2.91. The van der Waals surface area contributed by atoms with Gasteiger partial charge in [-0.2, -0.15) is 5.90 Å². The van der Waals surface area contributed by atoms with Gasteiger partial charge in [0.25, 0.3) is 0 Å². The van der Waals surface area contributed by atoms with Gasteiger partial charge in [0.2, 0.25) is 0 Å². The fourth-order valence-electron chi connectivity index (χ4n) is 2.59. The lowest BCUT2D eigenvalue weighted by Crippen LogP contribution is -2.18. The van der Waals surface area contributed by atoms with Crippen molar-refractivity contribution in [2.75, 3.05) is 18.0 Å². The third kappa shape index (κ3) is 1.72. The first-order chi connectivity index (χ1) is 8.40. The van der Waals surface area contributed by atoms with E-state index in [-0.39, 0.29) is 0 Å². The largest absolute Gasteiger partial charge is 0.411 e. The Hall–Kier alpha value is -1.74. The zero-order valence-corrected chi connectivity index (χ0v) is 9.73. The van der Waals surface area contributed by atoms with E-state index < -0.39 is 0 Å². The smallest absolute Gasteiger partial charge is 0.154 e. The maximum atomic E-state index is 5.31. The molecular formula is C14H16N2O. The van der Waals surface area contributed by atoms with Crippen molar-refractivity contribution >= 4 is 16.5 Å². The van der Waals surface area contributed by atoms with E-state index in [4.69, 9.17) is 10.7 Å². The molecule has 2 N–H and O–H groups in total. The SMILES string of the molecule is NOc1ccc(N2CCCC2)c2ccccc12. The Kier molecular flexibility index (Phi) is 2.61. The number of anilines is 1. The second-order valence-electron chi connectivity index (χ2n) is 4.44. The van der Waals surface area contributed by atoms with Crippen LogP contribution in [0.1, 0.15) is 12.8 Å². The fraction of sp³-hybridized carbons (Fsp3) is 0.286. The lowest BCUT2D eigenvalue weighted by molar-refractivity contribution is 0.339. The molecule has 0 aliphatic carbocycles. The molecule has 0 bridgehead atoms. The highest BCUT2D eigenvalue weighted by molar-refractivity contribution is 5.98. The zero-order valence-electron chi connectivity index (χ0n) is 9.73. The molecule has 1 saturated heterocycles. The zero-order chi connectivity index (χ0) is 11.7. The summed E-state index contributed by atoms with van der Waals surface area (Å²) in [7, 11) is 0. The van der Waals surface area contributed by atoms with Gasteiger partial charge < -0.3 is 9.74 Å². The second-order valence-corrected chi connectivity index (χ2v) is 4.44. The molecule has 0 spiro atoms. The lowest BCUT2D eigenvalue weighted by atomic mass is 10.1. The van der Waals surface area contributed by atoms with Crippen LogP contribution in [0.4, 0.5) is 5.69 Å². The molecule has 3 rings (SSSR count). The molecule has 3 heteroatoms. The maximum absolute atomic E-state index is 5.31. The third-order valence-corrected chi connectivity index (χ3v) is 3.43. The van der Waals surface area contributed by atoms with Crippen LogP contribution < -0.4 is 15.6 Å². The van der Waals surface area contributed by atoms with Crippen LogP contribution >= 0.6 is 0 Å². The number of nitrogens with zero attached hydrogens (tertiary/aromatic N) is 1. The quantitative estimate of drug-likeness (QED) is 0.803. The molecule has 17 heavy (non-hydrogen) atoms. The highest BCUT2D eigenvalue weighted by Gasteiger charge is 2.15. The van der Waals surface area contributed by atoms with E-state index in [0.717, 1.165) is 24.2 Å². The number of hydrogen-bond donors (Lipinski definition) is 1. The van der Waals surface area contributed by atoms with Crippen molar-refractivity contribution in [2.24, 2.45) is 5.90 Å². The molecule has 0 atom stereocenters. The first-order valence-corrected chi connectivity index (χ1v) is 6.03. The second kappa shape index (κ2) is 4.26. The van der Waals surface area contributed by atoms with Crippen LogP contribution in [0.25, 0.3) is 10.8 Å². The van der Waals surface area contributed by atoms with Crippen LogP contribution in [-0.2, 0) is 0 Å². The van der Waals surface area contributed by atoms with Gasteiger partial charge in [-0.05, 0) is 25.0 Å². The van der Waals surface area contributed by atoms with Crippen LogP contribution in [0, 0.1) is 0 Å². The molecule has 2 aromatic carbocycles. The Morgan fingerprint density at radius 1 is 0.941 bits per heavy atom. The molecule has 0 saturated carbocycles. The van der Waals surface area contributed by atoms with E-state index in [1.54, 1.807) is 0 Å². The standard InChI is InChI=1S/C14H16N2O/c15-17-14-8-7-13(16-9-3-4-10-16)11-5-1-2-6-12(11)14/h1-2,5-8H,3-4,9-10,15H2. The Labute approximate surface area is 101 Å². The summed E-state index contributed by atoms with van der Waals surface area (Å²) >= 11 is 0. The summed E-state index contributed by atoms with van der Waals surface area (Å²) < 4.78 is 0. The van der Waals surface area contributed by atoms with Crippen molar-refractivity contribution in [3.63, 3.8) is 0 Å². The summed E-state index contributed by atoms with van der Waals surface area (Å²) in [6.07, 6.45) is 2.56. The van der Waals surface area contributed by atoms with E-state index in [0.29, 0.717) is 0 Å². The monoisotopic (exact) mass is 228 g/mol. The number of benzene rings is 2. The molecule has 2 aromatic rings. The van der Waals surface area contributed by atoms with Crippen molar-refractivity contribution in [3.8, 4) is 5.75 Å². The van der Waals surface area contributed by atoms with Crippen LogP contribution in [0.2, 0.25) is 0 Å². The van der Waals surface area contributed by atoms with Crippen molar-refractivity contribution in [2.45, 2.75) is 12.8 Å². The van der Waals surface area contributed by atoms with Gasteiger partial charge in [0.1, 0.15) is 0 Å². The normalized spacial score (nSPS) is 15.5. The van der Waals surface area contributed by atoms with Gasteiger partial charge in [-0.3, -0.25) is 0 Å². The lowest BCUT2D eigenvalue weighted by Gasteiger charge is -2.20. The van der Waals surface area contributed by atoms with Gasteiger partial charge >= 0.3 is 0 Å². The molecule has 0 unspecified atom stereocenters. The molecular weight excluding hydrogens is 212 g/mol. The fourth-order valence-corrected chi connectivity index (χ4v) is 2.59. The van der Waals surface area contributed by atoms with Crippen LogP contribution in [-0.4, -0.2) is 13.1 Å². The minimum Gasteiger partial charge on any atom is -0.411 e. The summed E-state index contributed by atoms with van der Waals surface area (Å²) in [6.45, 7) is 2.29. The Morgan fingerprint density at radius 2 is 1.65 bits per heavy atom. The Balaban J connectivity index is 2.19. The highest BCUT2D eigenvalue weighted by atomic mass is 16.6. The number of fused-ring (bicyclic) bond motifs is 1. The van der Waals surface area contributed by atoms with E-state index >= 15 is 0 Å². The van der Waals surface area contributed by atoms with E-state index in [1.165, 1.54) is 23.9 Å². The molecule has 0 amide bonds. The Bertz CT molecular complexity index is 533. The van der Waals surface area contributed by atoms with Gasteiger partial charge in [-0.1, -0.05) is 24.3 Å². The molecule has 1 heterocycles. The summed E-state index contributed by atoms with van der Waals surface area (Å²) in [4.78, 5) is 7.36. The first kappa shape index (κ1) is 10.4. The molecule has 3 nitrogen and oxygen atoms in total. The highest BCUT2D eigenvalue weighted by Crippen LogP contribution is 2.34. The molecule has 88 valence electrons. The molecule has 1 aliphatic rings. The summed E-state index contributed by atoms with van der Waals surface area (Å²) in [5.74, 6) is 6.05. The summed E-state index contributed by atoms with van der Waals surface area (Å²) in [5, 5.41) is 2.30. The van der Waals surface area contributed by atoms with Gasteiger partial charge in [-0.15, -0.1) is 0 Å². The van der Waals surface area contributed by atoms with Crippen molar-refractivity contribution < 1.29 is 4.84 Å². The predicted octanol–water partition coefficient (Wildman–Crippen LogP) is 2.69. The topological polar surface area (TPSA) is 38.5 Å². The van der Waals surface area contributed by atoms with Crippen molar-refractivity contribution in [3.05, 3.63) is 36.4 Å². The van der Waals surface area contributed by atoms with E-state index in [2.05, 4.69) is 29.2 Å². The van der Waals surface area contributed by atoms with Crippen LogP contribution in [0.5, 0.6) is 5.75 Å². The first-order valence-electron chi connectivity index (χ1n) is 6.03. The van der Waals surface area contributed by atoms with Crippen LogP contribution in [0.3, 0.4) is 0 Å². The minimum absolute atomic E-state index is 0.739. The van der Waals surface area contributed by atoms with Gasteiger partial charge in [0.15, 0.2) is 5.75 Å². The maximum Gasteiger partial charge on any atom is 0.154 e.